The standard InChI is InChI=1S/C30H20N4OS/c35-30(21-14-17-33-29-20(21)13-16-32-29)34-28-19-7-2-1-6-18(19)27-22(8-5-9-23(27)28)25-11-12-26(36-25)24-10-3-4-15-31-24/h1-17,28H,(H,32,33)(H,34,35). The second-order valence-electron chi connectivity index (χ2n) is 8.74. The van der Waals surface area contributed by atoms with Crippen LogP contribution >= 0.6 is 11.3 Å². The van der Waals surface area contributed by atoms with Crippen LogP contribution in [0.1, 0.15) is 27.5 Å². The normalized spacial score (nSPS) is 13.9. The molecule has 2 N–H and O–H groups in total. The fourth-order valence-electron chi connectivity index (χ4n) is 5.11. The summed E-state index contributed by atoms with van der Waals surface area (Å²) in [6.07, 6.45) is 5.29. The van der Waals surface area contributed by atoms with Crippen molar-refractivity contribution >= 4 is 28.3 Å². The van der Waals surface area contributed by atoms with Crippen molar-refractivity contribution in [3.05, 3.63) is 120 Å². The van der Waals surface area contributed by atoms with Gasteiger partial charge >= 0.3 is 0 Å². The topological polar surface area (TPSA) is 70.7 Å². The number of fused-ring (bicyclic) bond motifs is 4. The third-order valence-corrected chi connectivity index (χ3v) is 7.86. The molecule has 1 aliphatic carbocycles. The second-order valence-corrected chi connectivity index (χ2v) is 9.82. The number of aromatic amines is 1. The lowest BCUT2D eigenvalue weighted by Gasteiger charge is -2.17. The molecule has 6 aromatic rings. The van der Waals surface area contributed by atoms with Crippen molar-refractivity contribution in [1.82, 2.24) is 20.3 Å². The number of benzene rings is 2. The van der Waals surface area contributed by atoms with E-state index in [1.807, 2.05) is 36.5 Å². The Morgan fingerprint density at radius 3 is 2.53 bits per heavy atom. The highest BCUT2D eigenvalue weighted by atomic mass is 32.1. The number of carbonyl (C=O) groups excluding carboxylic acids is 1. The summed E-state index contributed by atoms with van der Waals surface area (Å²) in [4.78, 5) is 27.7. The first-order chi connectivity index (χ1) is 17.8. The average molecular weight is 485 g/mol. The van der Waals surface area contributed by atoms with Crippen molar-refractivity contribution in [2.75, 3.05) is 0 Å². The summed E-state index contributed by atoms with van der Waals surface area (Å²) in [5.41, 5.74) is 8.00. The molecule has 0 saturated carbocycles. The van der Waals surface area contributed by atoms with Gasteiger partial charge in [0.1, 0.15) is 5.65 Å². The molecule has 0 saturated heterocycles. The van der Waals surface area contributed by atoms with E-state index in [1.165, 1.54) is 16.0 Å². The monoisotopic (exact) mass is 484 g/mol. The quantitative estimate of drug-likeness (QED) is 0.287. The smallest absolute Gasteiger partial charge is 0.252 e. The summed E-state index contributed by atoms with van der Waals surface area (Å²) in [5, 5.41) is 4.13. The number of thiophene rings is 1. The third-order valence-electron chi connectivity index (χ3n) is 6.72. The molecule has 1 aliphatic rings. The maximum Gasteiger partial charge on any atom is 0.252 e. The van der Waals surface area contributed by atoms with Gasteiger partial charge in [-0.05, 0) is 64.2 Å². The van der Waals surface area contributed by atoms with Crippen LogP contribution in [0.15, 0.2) is 104 Å². The zero-order chi connectivity index (χ0) is 24.1. The van der Waals surface area contributed by atoms with Gasteiger partial charge in [0, 0.05) is 28.9 Å². The van der Waals surface area contributed by atoms with Crippen LogP contribution in [-0.4, -0.2) is 20.9 Å². The van der Waals surface area contributed by atoms with Crippen LogP contribution in [0.4, 0.5) is 0 Å². The molecule has 7 rings (SSSR count). The van der Waals surface area contributed by atoms with Crippen LogP contribution in [0.5, 0.6) is 0 Å². The first kappa shape index (κ1) is 20.8. The van der Waals surface area contributed by atoms with E-state index in [0.29, 0.717) is 11.2 Å². The molecule has 36 heavy (non-hydrogen) atoms. The lowest BCUT2D eigenvalue weighted by Crippen LogP contribution is -2.28. The number of amides is 1. The van der Waals surface area contributed by atoms with Crippen molar-refractivity contribution in [2.24, 2.45) is 0 Å². The molecule has 0 fully saturated rings. The zero-order valence-corrected chi connectivity index (χ0v) is 19.9. The average Bonchev–Trinajstić information content (AvgIpc) is 3.67. The molecule has 0 radical (unpaired) electrons. The van der Waals surface area contributed by atoms with Crippen molar-refractivity contribution in [3.8, 4) is 32.1 Å². The number of carbonyl (C=O) groups is 1. The Labute approximate surface area is 211 Å². The SMILES string of the molecule is O=C(NC1c2ccccc2-c2c(-c3ccc(-c4ccccn4)s3)cccc21)c1ccnc2[nH]ccc12. The molecule has 172 valence electrons. The predicted octanol–water partition coefficient (Wildman–Crippen LogP) is 6.85. The fourth-order valence-corrected chi connectivity index (χ4v) is 6.13. The van der Waals surface area contributed by atoms with Crippen LogP contribution in [0.2, 0.25) is 0 Å². The second kappa shape index (κ2) is 8.29. The molecular weight excluding hydrogens is 464 g/mol. The first-order valence-electron chi connectivity index (χ1n) is 11.7. The Balaban J connectivity index is 1.32. The predicted molar refractivity (Wildman–Crippen MR) is 144 cm³/mol. The Bertz CT molecular complexity index is 1750. The van der Waals surface area contributed by atoms with Gasteiger partial charge < -0.3 is 10.3 Å². The minimum atomic E-state index is -0.235. The van der Waals surface area contributed by atoms with Gasteiger partial charge in [-0.25, -0.2) is 4.98 Å². The molecule has 0 spiro atoms. The van der Waals surface area contributed by atoms with Gasteiger partial charge in [0.15, 0.2) is 0 Å². The van der Waals surface area contributed by atoms with Crippen molar-refractivity contribution in [2.45, 2.75) is 6.04 Å². The number of hydrogen-bond donors (Lipinski definition) is 2. The van der Waals surface area contributed by atoms with E-state index in [9.17, 15) is 4.79 Å². The molecule has 0 bridgehead atoms. The number of nitrogens with one attached hydrogen (secondary N) is 2. The molecule has 6 heteroatoms. The van der Waals surface area contributed by atoms with Gasteiger partial charge in [0.05, 0.1) is 22.2 Å². The Morgan fingerprint density at radius 1 is 0.778 bits per heavy atom. The van der Waals surface area contributed by atoms with E-state index in [0.717, 1.165) is 32.6 Å². The van der Waals surface area contributed by atoms with Gasteiger partial charge in [-0.3, -0.25) is 9.78 Å². The van der Waals surface area contributed by atoms with Crippen LogP contribution in [-0.2, 0) is 0 Å². The summed E-state index contributed by atoms with van der Waals surface area (Å²) >= 11 is 1.73. The van der Waals surface area contributed by atoms with Crippen molar-refractivity contribution in [1.29, 1.82) is 0 Å². The van der Waals surface area contributed by atoms with Crippen LogP contribution < -0.4 is 5.32 Å². The molecular formula is C30H20N4OS. The van der Waals surface area contributed by atoms with Crippen LogP contribution in [0.25, 0.3) is 43.2 Å². The number of rotatable bonds is 4. The molecule has 5 nitrogen and oxygen atoms in total. The molecule has 4 aromatic heterocycles. The third kappa shape index (κ3) is 3.26. The molecule has 2 aromatic carbocycles. The van der Waals surface area contributed by atoms with Crippen LogP contribution in [0, 0.1) is 0 Å². The molecule has 1 amide bonds. The number of H-pyrrole nitrogens is 1. The first-order valence-corrected chi connectivity index (χ1v) is 12.6. The van der Waals surface area contributed by atoms with E-state index in [4.69, 9.17) is 0 Å². The molecule has 0 aliphatic heterocycles. The summed E-state index contributed by atoms with van der Waals surface area (Å²) in [7, 11) is 0. The van der Waals surface area contributed by atoms with Crippen LogP contribution in [0.3, 0.4) is 0 Å². The fraction of sp³-hybridized carbons (Fsp3) is 0.0333. The van der Waals surface area contributed by atoms with Gasteiger partial charge in [-0.2, -0.15) is 0 Å². The lowest BCUT2D eigenvalue weighted by molar-refractivity contribution is 0.0945. The van der Waals surface area contributed by atoms with Gasteiger partial charge in [-0.15, -0.1) is 11.3 Å². The van der Waals surface area contributed by atoms with Gasteiger partial charge in [0.25, 0.3) is 5.91 Å². The number of pyridine rings is 2. The van der Waals surface area contributed by atoms with E-state index in [1.54, 1.807) is 29.8 Å². The maximum absolute atomic E-state index is 13.5. The number of aromatic nitrogens is 3. The van der Waals surface area contributed by atoms with Gasteiger partial charge in [0.2, 0.25) is 0 Å². The highest BCUT2D eigenvalue weighted by molar-refractivity contribution is 7.18. The molecule has 1 atom stereocenters. The van der Waals surface area contributed by atoms with E-state index < -0.39 is 0 Å². The van der Waals surface area contributed by atoms with E-state index >= 15 is 0 Å². The Hall–Kier alpha value is -4.55. The largest absolute Gasteiger partial charge is 0.346 e. The van der Waals surface area contributed by atoms with E-state index in [-0.39, 0.29) is 11.9 Å². The summed E-state index contributed by atoms with van der Waals surface area (Å²) < 4.78 is 0. The summed E-state index contributed by atoms with van der Waals surface area (Å²) in [6.45, 7) is 0. The molecule has 1 unspecified atom stereocenters. The minimum absolute atomic E-state index is 0.117. The number of nitrogens with zero attached hydrogens (tertiary/aromatic N) is 2. The van der Waals surface area contributed by atoms with Crippen molar-refractivity contribution < 1.29 is 4.79 Å². The zero-order valence-electron chi connectivity index (χ0n) is 19.1. The summed E-state index contributed by atoms with van der Waals surface area (Å²) in [6, 6.07) is 28.4. The lowest BCUT2D eigenvalue weighted by atomic mass is 9.98. The highest BCUT2D eigenvalue weighted by Gasteiger charge is 2.32. The minimum Gasteiger partial charge on any atom is -0.346 e. The van der Waals surface area contributed by atoms with Gasteiger partial charge in [-0.1, -0.05) is 48.5 Å². The Kier molecular flexibility index (Phi) is 4.79. The highest BCUT2D eigenvalue weighted by Crippen LogP contribution is 2.49. The molecule has 4 heterocycles. The summed E-state index contributed by atoms with van der Waals surface area (Å²) in [5.74, 6) is -0.117. The van der Waals surface area contributed by atoms with Crippen molar-refractivity contribution in [3.63, 3.8) is 0 Å². The Morgan fingerprint density at radius 2 is 1.61 bits per heavy atom. The maximum atomic E-state index is 13.5. The number of hydrogen-bond acceptors (Lipinski definition) is 4. The van der Waals surface area contributed by atoms with E-state index in [2.05, 4.69) is 68.8 Å².